The number of carbonyl (C=O) groups is 1. The highest BCUT2D eigenvalue weighted by atomic mass is 19.1. The Balaban J connectivity index is 1.65. The van der Waals surface area contributed by atoms with Crippen LogP contribution in [0.2, 0.25) is 0 Å². The van der Waals surface area contributed by atoms with Crippen molar-refractivity contribution in [2.24, 2.45) is 0 Å². The minimum atomic E-state index is -0.345. The topological polar surface area (TPSA) is 42.2 Å². The van der Waals surface area contributed by atoms with E-state index in [0.717, 1.165) is 11.3 Å². The molecule has 0 fully saturated rings. The maximum absolute atomic E-state index is 12.8. The molecule has 0 bridgehead atoms. The van der Waals surface area contributed by atoms with Crippen LogP contribution in [0, 0.1) is 5.82 Å². The summed E-state index contributed by atoms with van der Waals surface area (Å²) in [5, 5.41) is 2.64. The summed E-state index contributed by atoms with van der Waals surface area (Å²) in [6, 6.07) is 18.9. The van der Waals surface area contributed by atoms with Crippen LogP contribution < -0.4 is 5.32 Å². The number of amides is 1. The fourth-order valence-electron chi connectivity index (χ4n) is 2.07. The number of hydrogen-bond acceptors (Lipinski definition) is 2. The summed E-state index contributed by atoms with van der Waals surface area (Å²) in [6.07, 6.45) is 2.96. The van der Waals surface area contributed by atoms with E-state index in [1.54, 1.807) is 12.1 Å². The molecule has 0 saturated carbocycles. The van der Waals surface area contributed by atoms with Crippen LogP contribution in [0.3, 0.4) is 0 Å². The van der Waals surface area contributed by atoms with Gasteiger partial charge in [-0.2, -0.15) is 0 Å². The molecule has 4 heteroatoms. The third-order valence-corrected chi connectivity index (χ3v) is 3.20. The van der Waals surface area contributed by atoms with Crippen LogP contribution in [0.25, 0.3) is 17.4 Å². The molecule has 0 aliphatic rings. The second-order valence-electron chi connectivity index (χ2n) is 4.90. The van der Waals surface area contributed by atoms with Crippen LogP contribution in [-0.4, -0.2) is 5.91 Å². The van der Waals surface area contributed by atoms with Crippen molar-refractivity contribution in [3.8, 4) is 11.3 Å². The number of rotatable bonds is 4. The highest BCUT2D eigenvalue weighted by Crippen LogP contribution is 2.22. The standard InChI is InChI=1S/C19H14FNO2/c20-15-6-8-16(9-7-15)21-19(22)13-11-17-10-12-18(23-17)14-4-2-1-3-5-14/h1-13H,(H,21,22)/b13-11+. The molecule has 1 heterocycles. The Morgan fingerprint density at radius 2 is 1.70 bits per heavy atom. The van der Waals surface area contributed by atoms with Crippen LogP contribution in [0.1, 0.15) is 5.76 Å². The van der Waals surface area contributed by atoms with Crippen LogP contribution in [0.15, 0.2) is 77.2 Å². The lowest BCUT2D eigenvalue weighted by atomic mass is 10.2. The van der Waals surface area contributed by atoms with Crippen LogP contribution in [0.5, 0.6) is 0 Å². The molecule has 23 heavy (non-hydrogen) atoms. The molecule has 3 nitrogen and oxygen atoms in total. The van der Waals surface area contributed by atoms with Crippen molar-refractivity contribution in [3.63, 3.8) is 0 Å². The first-order chi connectivity index (χ1) is 11.2. The van der Waals surface area contributed by atoms with E-state index in [1.807, 2.05) is 36.4 Å². The van der Waals surface area contributed by atoms with Gasteiger partial charge in [-0.25, -0.2) is 4.39 Å². The van der Waals surface area contributed by atoms with Crippen molar-refractivity contribution in [2.45, 2.75) is 0 Å². The van der Waals surface area contributed by atoms with Crippen LogP contribution in [0.4, 0.5) is 10.1 Å². The molecule has 1 N–H and O–H groups in total. The lowest BCUT2D eigenvalue weighted by molar-refractivity contribution is -0.111. The molecule has 2 aromatic carbocycles. The minimum absolute atomic E-state index is 0.311. The van der Waals surface area contributed by atoms with Gasteiger partial charge < -0.3 is 9.73 Å². The van der Waals surface area contributed by atoms with Gasteiger partial charge in [-0.1, -0.05) is 30.3 Å². The molecule has 0 spiro atoms. The third kappa shape index (κ3) is 3.95. The van der Waals surface area contributed by atoms with Crippen molar-refractivity contribution < 1.29 is 13.6 Å². The Morgan fingerprint density at radius 3 is 2.43 bits per heavy atom. The molecule has 0 radical (unpaired) electrons. The number of carbonyl (C=O) groups excluding carboxylic acids is 1. The largest absolute Gasteiger partial charge is 0.457 e. The molecule has 1 amide bonds. The SMILES string of the molecule is O=C(/C=C/c1ccc(-c2ccccc2)o1)Nc1ccc(F)cc1. The van der Waals surface area contributed by atoms with E-state index >= 15 is 0 Å². The van der Waals surface area contributed by atoms with Gasteiger partial charge in [0, 0.05) is 17.3 Å². The average molecular weight is 307 g/mol. The first-order valence-corrected chi connectivity index (χ1v) is 7.10. The number of furan rings is 1. The van der Waals surface area contributed by atoms with Gasteiger partial charge in [0.1, 0.15) is 17.3 Å². The predicted molar refractivity (Wildman–Crippen MR) is 88.2 cm³/mol. The quantitative estimate of drug-likeness (QED) is 0.708. The van der Waals surface area contributed by atoms with E-state index in [9.17, 15) is 9.18 Å². The zero-order chi connectivity index (χ0) is 16.1. The second-order valence-corrected chi connectivity index (χ2v) is 4.90. The molecular weight excluding hydrogens is 293 g/mol. The van der Waals surface area contributed by atoms with Gasteiger partial charge in [0.2, 0.25) is 5.91 Å². The summed E-state index contributed by atoms with van der Waals surface area (Å²) in [4.78, 5) is 11.8. The molecule has 1 aromatic heterocycles. The van der Waals surface area contributed by atoms with E-state index in [0.29, 0.717) is 11.4 Å². The van der Waals surface area contributed by atoms with E-state index < -0.39 is 0 Å². The second kappa shape index (κ2) is 6.75. The third-order valence-electron chi connectivity index (χ3n) is 3.20. The Kier molecular flexibility index (Phi) is 4.34. The van der Waals surface area contributed by atoms with Gasteiger partial charge in [-0.05, 0) is 42.5 Å². The van der Waals surface area contributed by atoms with Crippen molar-refractivity contribution in [3.05, 3.63) is 84.4 Å². The highest BCUT2D eigenvalue weighted by molar-refractivity contribution is 6.01. The van der Waals surface area contributed by atoms with Crippen molar-refractivity contribution in [1.82, 2.24) is 0 Å². The van der Waals surface area contributed by atoms with Gasteiger partial charge in [-0.15, -0.1) is 0 Å². The smallest absolute Gasteiger partial charge is 0.248 e. The number of halogens is 1. The highest BCUT2D eigenvalue weighted by Gasteiger charge is 2.03. The fourth-order valence-corrected chi connectivity index (χ4v) is 2.07. The summed E-state index contributed by atoms with van der Waals surface area (Å²) in [5.74, 6) is 0.666. The normalized spacial score (nSPS) is 10.8. The van der Waals surface area contributed by atoms with Crippen molar-refractivity contribution in [1.29, 1.82) is 0 Å². The molecule has 0 aliphatic heterocycles. The molecular formula is C19H14FNO2. The maximum Gasteiger partial charge on any atom is 0.248 e. The summed E-state index contributed by atoms with van der Waals surface area (Å²) in [6.45, 7) is 0. The van der Waals surface area contributed by atoms with Gasteiger partial charge >= 0.3 is 0 Å². The number of hydrogen-bond donors (Lipinski definition) is 1. The molecule has 114 valence electrons. The van der Waals surface area contributed by atoms with Gasteiger partial charge in [-0.3, -0.25) is 4.79 Å². The Morgan fingerprint density at radius 1 is 0.957 bits per heavy atom. The molecule has 0 atom stereocenters. The number of nitrogens with one attached hydrogen (secondary N) is 1. The first-order valence-electron chi connectivity index (χ1n) is 7.10. The Labute approximate surface area is 133 Å². The number of anilines is 1. The summed E-state index contributed by atoms with van der Waals surface area (Å²) in [5.41, 5.74) is 1.51. The van der Waals surface area contributed by atoms with Gasteiger partial charge in [0.25, 0.3) is 0 Å². The maximum atomic E-state index is 12.8. The zero-order valence-electron chi connectivity index (χ0n) is 12.2. The number of benzene rings is 2. The molecule has 0 aliphatic carbocycles. The van der Waals surface area contributed by atoms with E-state index in [-0.39, 0.29) is 11.7 Å². The molecule has 3 rings (SSSR count). The molecule has 0 saturated heterocycles. The zero-order valence-corrected chi connectivity index (χ0v) is 12.2. The lowest BCUT2D eigenvalue weighted by Crippen LogP contribution is -2.07. The van der Waals surface area contributed by atoms with Crippen LogP contribution >= 0.6 is 0 Å². The van der Waals surface area contributed by atoms with Crippen LogP contribution in [-0.2, 0) is 4.79 Å². The van der Waals surface area contributed by atoms with Crippen molar-refractivity contribution >= 4 is 17.7 Å². The van der Waals surface area contributed by atoms with E-state index in [4.69, 9.17) is 4.42 Å². The summed E-state index contributed by atoms with van der Waals surface area (Å²) >= 11 is 0. The summed E-state index contributed by atoms with van der Waals surface area (Å²) < 4.78 is 18.5. The monoisotopic (exact) mass is 307 g/mol. The first kappa shape index (κ1) is 14.8. The lowest BCUT2D eigenvalue weighted by Gasteiger charge is -2.00. The van der Waals surface area contributed by atoms with Gasteiger partial charge in [0.05, 0.1) is 0 Å². The fraction of sp³-hybridized carbons (Fsp3) is 0. The van der Waals surface area contributed by atoms with Gasteiger partial charge in [0.15, 0.2) is 0 Å². The van der Waals surface area contributed by atoms with E-state index in [2.05, 4.69) is 5.32 Å². The minimum Gasteiger partial charge on any atom is -0.457 e. The Hall–Kier alpha value is -3.14. The molecule has 0 unspecified atom stereocenters. The molecule has 3 aromatic rings. The predicted octanol–water partition coefficient (Wildman–Crippen LogP) is 4.74. The Bertz CT molecular complexity index is 820. The summed E-state index contributed by atoms with van der Waals surface area (Å²) in [7, 11) is 0. The average Bonchev–Trinajstić information content (AvgIpc) is 3.05. The van der Waals surface area contributed by atoms with Crippen molar-refractivity contribution in [2.75, 3.05) is 5.32 Å². The van der Waals surface area contributed by atoms with E-state index in [1.165, 1.54) is 30.3 Å².